The molecule has 1 aliphatic rings. The van der Waals surface area contributed by atoms with Crippen LogP contribution in [-0.2, 0) is 4.74 Å². The molecular weight excluding hydrogens is 216 g/mol. The van der Waals surface area contributed by atoms with Gasteiger partial charge in [0.2, 0.25) is 0 Å². The Kier molecular flexibility index (Phi) is 4.42. The van der Waals surface area contributed by atoms with Crippen molar-refractivity contribution in [3.63, 3.8) is 0 Å². The van der Waals surface area contributed by atoms with E-state index in [1.807, 2.05) is 6.20 Å². The zero-order valence-corrected chi connectivity index (χ0v) is 10.5. The van der Waals surface area contributed by atoms with Crippen LogP contribution in [-0.4, -0.2) is 54.3 Å². The van der Waals surface area contributed by atoms with Crippen LogP contribution in [0.4, 0.5) is 0 Å². The van der Waals surface area contributed by atoms with Crippen LogP contribution in [0.25, 0.3) is 0 Å². The lowest BCUT2D eigenvalue weighted by atomic mass is 10.2. The van der Waals surface area contributed by atoms with Crippen LogP contribution in [0.15, 0.2) is 18.6 Å². The van der Waals surface area contributed by atoms with Gasteiger partial charge < -0.3 is 10.1 Å². The van der Waals surface area contributed by atoms with E-state index >= 15 is 0 Å². The van der Waals surface area contributed by atoms with E-state index in [0.29, 0.717) is 0 Å². The second kappa shape index (κ2) is 6.05. The highest BCUT2D eigenvalue weighted by Crippen LogP contribution is 2.15. The lowest BCUT2D eigenvalue weighted by Crippen LogP contribution is -2.44. The standard InChI is InChI=1S/C12H20N4O/c1-10(12-8-13-3-4-15-12)16(2)9-11-7-14-5-6-17-11/h3-4,8,10-11,14H,5-7,9H2,1-2H3. The summed E-state index contributed by atoms with van der Waals surface area (Å²) in [6.07, 6.45) is 5.53. The summed E-state index contributed by atoms with van der Waals surface area (Å²) in [5, 5.41) is 3.34. The maximum absolute atomic E-state index is 5.69. The van der Waals surface area contributed by atoms with Gasteiger partial charge in [0.25, 0.3) is 0 Å². The van der Waals surface area contributed by atoms with Crippen molar-refractivity contribution >= 4 is 0 Å². The maximum atomic E-state index is 5.69. The fraction of sp³-hybridized carbons (Fsp3) is 0.667. The second-order valence-corrected chi connectivity index (χ2v) is 4.44. The fourth-order valence-corrected chi connectivity index (χ4v) is 1.97. The summed E-state index contributed by atoms with van der Waals surface area (Å²) in [5.74, 6) is 0. The minimum Gasteiger partial charge on any atom is -0.374 e. The normalized spacial score (nSPS) is 22.6. The predicted molar refractivity (Wildman–Crippen MR) is 65.7 cm³/mol. The fourth-order valence-electron chi connectivity index (χ4n) is 1.97. The molecule has 0 bridgehead atoms. The van der Waals surface area contributed by atoms with Gasteiger partial charge in [-0.15, -0.1) is 0 Å². The number of aromatic nitrogens is 2. The first-order chi connectivity index (χ1) is 8.27. The van der Waals surface area contributed by atoms with Crippen LogP contribution in [0, 0.1) is 0 Å². The molecule has 1 saturated heterocycles. The topological polar surface area (TPSA) is 50.3 Å². The van der Waals surface area contributed by atoms with Crippen LogP contribution in [0.2, 0.25) is 0 Å². The molecule has 2 rings (SSSR count). The highest BCUT2D eigenvalue weighted by molar-refractivity contribution is 5.01. The molecule has 1 N–H and O–H groups in total. The molecule has 17 heavy (non-hydrogen) atoms. The quantitative estimate of drug-likeness (QED) is 0.823. The first kappa shape index (κ1) is 12.4. The first-order valence-corrected chi connectivity index (χ1v) is 6.06. The third kappa shape index (κ3) is 3.46. The van der Waals surface area contributed by atoms with Crippen molar-refractivity contribution in [3.8, 4) is 0 Å². The molecule has 0 spiro atoms. The number of ether oxygens (including phenoxy) is 1. The second-order valence-electron chi connectivity index (χ2n) is 4.44. The largest absolute Gasteiger partial charge is 0.374 e. The maximum Gasteiger partial charge on any atom is 0.0826 e. The predicted octanol–water partition coefficient (Wildman–Crippen LogP) is 0.458. The lowest BCUT2D eigenvalue weighted by Gasteiger charge is -2.31. The summed E-state index contributed by atoms with van der Waals surface area (Å²) in [6.45, 7) is 5.74. The molecule has 94 valence electrons. The van der Waals surface area contributed by atoms with Gasteiger partial charge in [0, 0.05) is 38.2 Å². The van der Waals surface area contributed by atoms with Gasteiger partial charge in [-0.2, -0.15) is 0 Å². The smallest absolute Gasteiger partial charge is 0.0826 e. The van der Waals surface area contributed by atoms with Gasteiger partial charge in [0.15, 0.2) is 0 Å². The van der Waals surface area contributed by atoms with Gasteiger partial charge in [0.05, 0.1) is 24.4 Å². The highest BCUT2D eigenvalue weighted by atomic mass is 16.5. The third-order valence-corrected chi connectivity index (χ3v) is 3.17. The van der Waals surface area contributed by atoms with E-state index in [9.17, 15) is 0 Å². The minimum atomic E-state index is 0.259. The van der Waals surface area contributed by atoms with Crippen molar-refractivity contribution in [2.24, 2.45) is 0 Å². The van der Waals surface area contributed by atoms with Gasteiger partial charge in [-0.25, -0.2) is 0 Å². The Morgan fingerprint density at radius 3 is 3.12 bits per heavy atom. The molecule has 1 aromatic rings. The van der Waals surface area contributed by atoms with Gasteiger partial charge in [0.1, 0.15) is 0 Å². The molecule has 2 atom stereocenters. The van der Waals surface area contributed by atoms with Crippen LogP contribution >= 0.6 is 0 Å². The Labute approximate surface area is 102 Å². The van der Waals surface area contributed by atoms with E-state index in [2.05, 4.69) is 34.2 Å². The summed E-state index contributed by atoms with van der Waals surface area (Å²) in [6, 6.07) is 0.259. The Morgan fingerprint density at radius 1 is 1.59 bits per heavy atom. The molecule has 5 heteroatoms. The number of hydrogen-bond donors (Lipinski definition) is 1. The molecule has 2 unspecified atom stereocenters. The van der Waals surface area contributed by atoms with Crippen molar-refractivity contribution in [2.45, 2.75) is 19.1 Å². The Hall–Kier alpha value is -1.04. The summed E-state index contributed by atoms with van der Waals surface area (Å²) in [5.41, 5.74) is 0.999. The van der Waals surface area contributed by atoms with Gasteiger partial charge in [-0.05, 0) is 14.0 Å². The zero-order valence-electron chi connectivity index (χ0n) is 10.5. The number of likely N-dealkylation sites (N-methyl/N-ethyl adjacent to an activating group) is 1. The van der Waals surface area contributed by atoms with E-state index in [4.69, 9.17) is 4.74 Å². The highest BCUT2D eigenvalue weighted by Gasteiger charge is 2.19. The number of nitrogens with zero attached hydrogens (tertiary/aromatic N) is 3. The minimum absolute atomic E-state index is 0.259. The molecule has 1 aliphatic heterocycles. The van der Waals surface area contributed by atoms with Crippen molar-refractivity contribution in [1.82, 2.24) is 20.2 Å². The summed E-state index contributed by atoms with van der Waals surface area (Å²) in [4.78, 5) is 10.7. The summed E-state index contributed by atoms with van der Waals surface area (Å²) in [7, 11) is 2.09. The molecule has 0 aromatic carbocycles. The van der Waals surface area contributed by atoms with Crippen LogP contribution < -0.4 is 5.32 Å². The molecule has 0 aliphatic carbocycles. The first-order valence-electron chi connectivity index (χ1n) is 6.06. The molecule has 0 radical (unpaired) electrons. The molecule has 5 nitrogen and oxygen atoms in total. The van der Waals surface area contributed by atoms with E-state index in [1.54, 1.807) is 12.4 Å². The molecule has 0 amide bonds. The number of rotatable bonds is 4. The summed E-state index contributed by atoms with van der Waals surface area (Å²) >= 11 is 0. The Morgan fingerprint density at radius 2 is 2.47 bits per heavy atom. The van der Waals surface area contributed by atoms with E-state index in [-0.39, 0.29) is 12.1 Å². The van der Waals surface area contributed by atoms with Crippen molar-refractivity contribution in [1.29, 1.82) is 0 Å². The molecule has 1 fully saturated rings. The molecule has 2 heterocycles. The number of nitrogens with one attached hydrogen (secondary N) is 1. The lowest BCUT2D eigenvalue weighted by molar-refractivity contribution is 0.00363. The van der Waals surface area contributed by atoms with Gasteiger partial charge in [-0.1, -0.05) is 0 Å². The van der Waals surface area contributed by atoms with E-state index in [1.165, 1.54) is 0 Å². The van der Waals surface area contributed by atoms with Gasteiger partial charge >= 0.3 is 0 Å². The van der Waals surface area contributed by atoms with E-state index < -0.39 is 0 Å². The molecular formula is C12H20N4O. The SMILES string of the molecule is CC(c1cnccn1)N(C)CC1CNCCO1. The van der Waals surface area contributed by atoms with Gasteiger partial charge in [-0.3, -0.25) is 14.9 Å². The Balaban J connectivity index is 1.88. The monoisotopic (exact) mass is 236 g/mol. The van der Waals surface area contributed by atoms with Crippen LogP contribution in [0.1, 0.15) is 18.7 Å². The van der Waals surface area contributed by atoms with Crippen molar-refractivity contribution < 1.29 is 4.74 Å². The van der Waals surface area contributed by atoms with Crippen LogP contribution in [0.5, 0.6) is 0 Å². The number of morpholine rings is 1. The van der Waals surface area contributed by atoms with Crippen molar-refractivity contribution in [2.75, 3.05) is 33.3 Å². The van der Waals surface area contributed by atoms with Crippen LogP contribution in [0.3, 0.4) is 0 Å². The van der Waals surface area contributed by atoms with Crippen molar-refractivity contribution in [3.05, 3.63) is 24.3 Å². The zero-order chi connectivity index (χ0) is 12.1. The molecule has 1 aromatic heterocycles. The third-order valence-electron chi connectivity index (χ3n) is 3.17. The van der Waals surface area contributed by atoms with E-state index in [0.717, 1.165) is 31.9 Å². The average molecular weight is 236 g/mol. The molecule has 0 saturated carbocycles. The number of hydrogen-bond acceptors (Lipinski definition) is 5. The average Bonchev–Trinajstić information content (AvgIpc) is 2.40. The Bertz CT molecular complexity index is 327. The summed E-state index contributed by atoms with van der Waals surface area (Å²) < 4.78 is 5.69.